The number of para-hydroxylation sites is 6. The summed E-state index contributed by atoms with van der Waals surface area (Å²) in [5, 5.41) is 0. The summed E-state index contributed by atoms with van der Waals surface area (Å²) in [5.41, 5.74) is 22.6. The second kappa shape index (κ2) is 7.23. The third-order valence-corrected chi connectivity index (χ3v) is 12.1. The quantitative estimate of drug-likeness (QED) is 0.187. The van der Waals surface area contributed by atoms with Crippen molar-refractivity contribution in [2.75, 3.05) is 0 Å². The van der Waals surface area contributed by atoms with Crippen LogP contribution in [-0.4, -0.2) is 29.9 Å². The number of benzene rings is 4. The molecule has 4 aromatic carbocycles. The molecule has 0 unspecified atom stereocenters. The van der Waals surface area contributed by atoms with Gasteiger partial charge in [0, 0.05) is 35.5 Å². The van der Waals surface area contributed by atoms with E-state index in [0.29, 0.717) is 0 Å². The van der Waals surface area contributed by atoms with Crippen LogP contribution in [-0.2, 0) is 0 Å². The molecule has 0 saturated heterocycles. The highest BCUT2D eigenvalue weighted by molar-refractivity contribution is 5.82. The lowest BCUT2D eigenvalue weighted by atomic mass is 9.72. The Balaban J connectivity index is 1.12. The van der Waals surface area contributed by atoms with E-state index in [4.69, 9.17) is 29.9 Å². The Labute approximate surface area is 257 Å². The van der Waals surface area contributed by atoms with Crippen LogP contribution < -0.4 is 0 Å². The molecule has 0 N–H and O–H groups in total. The zero-order valence-electron chi connectivity index (χ0n) is 24.2. The molecular weight excluding hydrogens is 552 g/mol. The van der Waals surface area contributed by atoms with Gasteiger partial charge in [-0.2, -0.15) is 0 Å². The number of fused-ring (bicyclic) bond motifs is 30. The molecular formula is C39H24N6. The highest BCUT2D eigenvalue weighted by Crippen LogP contribution is 2.71. The molecule has 6 aliphatic rings. The van der Waals surface area contributed by atoms with Crippen molar-refractivity contribution >= 4 is 33.1 Å². The van der Waals surface area contributed by atoms with E-state index in [1.54, 1.807) is 33.4 Å². The van der Waals surface area contributed by atoms with Crippen molar-refractivity contribution < 1.29 is 0 Å². The second-order valence-corrected chi connectivity index (χ2v) is 14.0. The van der Waals surface area contributed by atoms with Gasteiger partial charge in [-0.15, -0.1) is 0 Å². The fraction of sp³-hybridized carbons (Fsp3) is 0.231. The van der Waals surface area contributed by atoms with Gasteiger partial charge in [0.25, 0.3) is 0 Å². The van der Waals surface area contributed by atoms with E-state index in [9.17, 15) is 0 Å². The van der Waals surface area contributed by atoms with E-state index in [1.165, 1.54) is 34.2 Å². The molecule has 6 aliphatic carbocycles. The molecule has 6 heteroatoms. The minimum absolute atomic E-state index is 0.286. The minimum Gasteiger partial charge on any atom is -0.249 e. The predicted molar refractivity (Wildman–Crippen MR) is 170 cm³/mol. The molecule has 6 atom stereocenters. The molecule has 0 radical (unpaired) electrons. The highest BCUT2D eigenvalue weighted by atomic mass is 14.9. The van der Waals surface area contributed by atoms with Gasteiger partial charge in [0.2, 0.25) is 0 Å². The molecule has 0 spiro atoms. The maximum atomic E-state index is 5.31. The fourth-order valence-corrected chi connectivity index (χ4v) is 10.6. The summed E-state index contributed by atoms with van der Waals surface area (Å²) in [4.78, 5) is 31.9. The van der Waals surface area contributed by atoms with E-state index in [1.807, 2.05) is 0 Å². The first-order valence-electron chi connectivity index (χ1n) is 16.3. The topological polar surface area (TPSA) is 77.3 Å². The average molecular weight is 577 g/mol. The van der Waals surface area contributed by atoms with Crippen LogP contribution in [0.25, 0.3) is 33.1 Å². The van der Waals surface area contributed by atoms with Gasteiger partial charge in [-0.05, 0) is 89.0 Å². The Morgan fingerprint density at radius 2 is 0.467 bits per heavy atom. The molecule has 6 bridgehead atoms. The number of hydrogen-bond donors (Lipinski definition) is 0. The van der Waals surface area contributed by atoms with Gasteiger partial charge >= 0.3 is 0 Å². The Morgan fingerprint density at radius 1 is 0.289 bits per heavy atom. The molecule has 45 heavy (non-hydrogen) atoms. The van der Waals surface area contributed by atoms with Gasteiger partial charge in [0.1, 0.15) is 0 Å². The summed E-state index contributed by atoms with van der Waals surface area (Å²) in [5.74, 6) is 1.71. The smallest absolute Gasteiger partial charge is 0.0890 e. The molecule has 0 fully saturated rings. The van der Waals surface area contributed by atoms with E-state index < -0.39 is 0 Å². The second-order valence-electron chi connectivity index (χ2n) is 14.0. The Hall–Kier alpha value is -5.10. The van der Waals surface area contributed by atoms with Gasteiger partial charge in [0.15, 0.2) is 0 Å². The monoisotopic (exact) mass is 576 g/mol. The lowest BCUT2D eigenvalue weighted by molar-refractivity contribution is 0.756. The Bertz CT molecular complexity index is 2110. The van der Waals surface area contributed by atoms with E-state index in [0.717, 1.165) is 52.4 Å². The molecule has 0 saturated carbocycles. The number of hydrogen-bond acceptors (Lipinski definition) is 6. The van der Waals surface area contributed by atoms with Gasteiger partial charge in [-0.25, -0.2) is 29.9 Å². The van der Waals surface area contributed by atoms with Crippen LogP contribution in [0, 0.1) is 0 Å². The Morgan fingerprint density at radius 3 is 0.644 bits per heavy atom. The van der Waals surface area contributed by atoms with Crippen molar-refractivity contribution in [1.29, 1.82) is 0 Å². The third kappa shape index (κ3) is 2.42. The van der Waals surface area contributed by atoms with Crippen molar-refractivity contribution in [3.63, 3.8) is 0 Å². The number of rotatable bonds is 0. The number of nitrogens with zero attached hydrogens (tertiary/aromatic N) is 6. The van der Waals surface area contributed by atoms with Crippen molar-refractivity contribution in [3.8, 4) is 0 Å². The summed E-state index contributed by atoms with van der Waals surface area (Å²) >= 11 is 0. The summed E-state index contributed by atoms with van der Waals surface area (Å²) in [7, 11) is 0. The average Bonchev–Trinajstić information content (AvgIpc) is 3.93. The summed E-state index contributed by atoms with van der Waals surface area (Å²) in [6.07, 6.45) is 3.22. The number of aromatic nitrogens is 6. The molecule has 6 nitrogen and oxygen atoms in total. The van der Waals surface area contributed by atoms with Crippen LogP contribution in [0.4, 0.5) is 0 Å². The van der Waals surface area contributed by atoms with Gasteiger partial charge in [-0.3, -0.25) is 0 Å². The first-order chi connectivity index (χ1) is 22.3. The summed E-state index contributed by atoms with van der Waals surface area (Å²) in [6, 6.07) is 25.1. The van der Waals surface area contributed by atoms with Crippen molar-refractivity contribution in [3.05, 3.63) is 140 Å². The lowest BCUT2D eigenvalue weighted by Crippen LogP contribution is -2.21. The zero-order chi connectivity index (χ0) is 28.7. The van der Waals surface area contributed by atoms with Crippen LogP contribution in [0.15, 0.2) is 72.8 Å². The van der Waals surface area contributed by atoms with Crippen LogP contribution >= 0.6 is 0 Å². The van der Waals surface area contributed by atoms with Crippen molar-refractivity contribution in [1.82, 2.24) is 29.9 Å². The Kier molecular flexibility index (Phi) is 3.60. The predicted octanol–water partition coefficient (Wildman–Crippen LogP) is 7.46. The molecule has 210 valence electrons. The van der Waals surface area contributed by atoms with Crippen molar-refractivity contribution in [2.45, 2.75) is 54.8 Å². The molecule has 3 heterocycles. The first kappa shape index (κ1) is 22.4. The van der Waals surface area contributed by atoms with Gasteiger partial charge in [0.05, 0.1) is 67.3 Å². The summed E-state index contributed by atoms with van der Waals surface area (Å²) < 4.78 is 0. The van der Waals surface area contributed by atoms with E-state index >= 15 is 0 Å². The molecule has 0 amide bonds. The van der Waals surface area contributed by atoms with Crippen LogP contribution in [0.2, 0.25) is 0 Å². The maximum absolute atomic E-state index is 5.31. The zero-order valence-corrected chi connectivity index (χ0v) is 24.2. The van der Waals surface area contributed by atoms with Crippen LogP contribution in [0.1, 0.15) is 122 Å². The third-order valence-electron chi connectivity index (χ3n) is 12.1. The summed E-state index contributed by atoms with van der Waals surface area (Å²) in [6.45, 7) is 0. The van der Waals surface area contributed by atoms with Crippen LogP contribution in [0.3, 0.4) is 0 Å². The molecule has 7 aromatic rings. The van der Waals surface area contributed by atoms with Crippen molar-refractivity contribution in [2.24, 2.45) is 0 Å². The van der Waals surface area contributed by atoms with Gasteiger partial charge in [-0.1, -0.05) is 36.4 Å². The van der Waals surface area contributed by atoms with Crippen LogP contribution in [0.5, 0.6) is 0 Å². The highest BCUT2D eigenvalue weighted by Gasteiger charge is 2.59. The first-order valence-corrected chi connectivity index (χ1v) is 16.3. The normalized spacial score (nSPS) is 26.4. The lowest BCUT2D eigenvalue weighted by Gasteiger charge is -2.33. The SMILES string of the molecule is c1ccc2nc3c(nc2c1)[C@H]1C[C@@H]3c2c1c1c(c3c2[C@@H]2C[C@H]3c3nc4ccccc4nc32)[C@@H]2C[C@H]1c1nc3ccccc3nc12. The fourth-order valence-electron chi connectivity index (χ4n) is 10.6. The minimum atomic E-state index is 0.286. The van der Waals surface area contributed by atoms with E-state index in [2.05, 4.69) is 72.8 Å². The molecule has 0 aliphatic heterocycles. The largest absolute Gasteiger partial charge is 0.249 e. The molecule has 13 rings (SSSR count). The standard InChI is InChI=1S/C39H24N6/c1-2-8-23-22(7-1)40-34-16-13-17(35(34)41-23)29-28(16)30-18-14-20(38-36(18)42-24-9-3-4-10-25(24)44-38)32(30)33-21-15-19(31(29)33)37-39(21)45-27-12-6-5-11-26(27)43-37/h1-12,16-21H,13-15H2/t16-,17+,18+,19-,20-,21+. The molecule has 3 aromatic heterocycles. The maximum Gasteiger partial charge on any atom is 0.0890 e. The van der Waals surface area contributed by atoms with Gasteiger partial charge < -0.3 is 0 Å². The van der Waals surface area contributed by atoms with E-state index in [-0.39, 0.29) is 35.5 Å².